The lowest BCUT2D eigenvalue weighted by molar-refractivity contribution is 0.217. The minimum Gasteiger partial charge on any atom is -0.497 e. The van der Waals surface area contributed by atoms with E-state index in [-0.39, 0.29) is 29.8 Å². The van der Waals surface area contributed by atoms with Gasteiger partial charge in [0, 0.05) is 12.7 Å². The van der Waals surface area contributed by atoms with Gasteiger partial charge >= 0.3 is 0 Å². The fourth-order valence-corrected chi connectivity index (χ4v) is 2.72. The minimum atomic E-state index is -3.31. The molecule has 0 radical (unpaired) electrons. The molecular formula is C13H16N2O5S. The van der Waals surface area contributed by atoms with Crippen molar-refractivity contribution in [1.29, 1.82) is 0 Å². The van der Waals surface area contributed by atoms with Gasteiger partial charge in [-0.25, -0.2) is 8.42 Å². The number of hydrogen-bond donors (Lipinski definition) is 0. The van der Waals surface area contributed by atoms with E-state index in [1.165, 1.54) is 7.11 Å². The van der Waals surface area contributed by atoms with Crippen LogP contribution in [0, 0.1) is 0 Å². The zero-order valence-corrected chi connectivity index (χ0v) is 12.6. The Balaban J connectivity index is 2.10. The van der Waals surface area contributed by atoms with Crippen molar-refractivity contribution in [3.63, 3.8) is 0 Å². The van der Waals surface area contributed by atoms with E-state index >= 15 is 0 Å². The predicted molar refractivity (Wildman–Crippen MR) is 75.7 cm³/mol. The number of methoxy groups -OCH3 is 2. The summed E-state index contributed by atoms with van der Waals surface area (Å²) in [6.45, 7) is 0.144. The van der Waals surface area contributed by atoms with Crippen molar-refractivity contribution >= 4 is 9.84 Å². The molecule has 1 aromatic carbocycles. The Kier molecular flexibility index (Phi) is 4.92. The van der Waals surface area contributed by atoms with Crippen molar-refractivity contribution in [2.24, 2.45) is 0 Å². The molecule has 114 valence electrons. The molecule has 0 amide bonds. The highest BCUT2D eigenvalue weighted by atomic mass is 32.2. The number of sulfone groups is 1. The predicted octanol–water partition coefficient (Wildman–Crippen LogP) is 1.31. The summed E-state index contributed by atoms with van der Waals surface area (Å²) in [6, 6.07) is 7.04. The third-order valence-corrected chi connectivity index (χ3v) is 4.24. The third-order valence-electron chi connectivity index (χ3n) is 2.75. The summed E-state index contributed by atoms with van der Waals surface area (Å²) < 4.78 is 38.4. The normalized spacial score (nSPS) is 11.5. The SMILES string of the molecule is COCCS(=O)(=O)Cc1noc(-c2ccc(OC)cc2)n1. The highest BCUT2D eigenvalue weighted by Gasteiger charge is 2.17. The van der Waals surface area contributed by atoms with E-state index in [0.29, 0.717) is 11.3 Å². The van der Waals surface area contributed by atoms with Gasteiger partial charge in [0.25, 0.3) is 5.89 Å². The van der Waals surface area contributed by atoms with Crippen molar-refractivity contribution in [2.45, 2.75) is 5.75 Å². The van der Waals surface area contributed by atoms with Crippen LogP contribution in [0.4, 0.5) is 0 Å². The van der Waals surface area contributed by atoms with E-state index in [1.807, 2.05) is 0 Å². The smallest absolute Gasteiger partial charge is 0.257 e. The third kappa shape index (κ3) is 4.27. The molecule has 0 atom stereocenters. The van der Waals surface area contributed by atoms with Crippen LogP contribution in [0.1, 0.15) is 5.82 Å². The molecule has 1 aromatic heterocycles. The first-order valence-corrected chi connectivity index (χ1v) is 8.02. The Morgan fingerprint density at radius 2 is 1.90 bits per heavy atom. The lowest BCUT2D eigenvalue weighted by atomic mass is 10.2. The fourth-order valence-electron chi connectivity index (χ4n) is 1.64. The van der Waals surface area contributed by atoms with Crippen molar-refractivity contribution in [3.05, 3.63) is 30.1 Å². The van der Waals surface area contributed by atoms with E-state index in [1.54, 1.807) is 31.4 Å². The largest absolute Gasteiger partial charge is 0.497 e. The first kappa shape index (κ1) is 15.5. The molecule has 0 bridgehead atoms. The molecule has 0 N–H and O–H groups in total. The van der Waals surface area contributed by atoms with Crippen molar-refractivity contribution in [3.8, 4) is 17.2 Å². The van der Waals surface area contributed by atoms with Gasteiger partial charge in [-0.2, -0.15) is 4.98 Å². The molecule has 7 nitrogen and oxygen atoms in total. The van der Waals surface area contributed by atoms with Crippen LogP contribution in [0.5, 0.6) is 5.75 Å². The molecule has 0 aliphatic heterocycles. The van der Waals surface area contributed by atoms with Crippen LogP contribution >= 0.6 is 0 Å². The topological polar surface area (TPSA) is 91.5 Å². The van der Waals surface area contributed by atoms with Crippen LogP contribution in [0.25, 0.3) is 11.5 Å². The average molecular weight is 312 g/mol. The maximum atomic E-state index is 11.8. The van der Waals surface area contributed by atoms with Gasteiger partial charge in [0.2, 0.25) is 0 Å². The van der Waals surface area contributed by atoms with Gasteiger partial charge in [0.1, 0.15) is 11.5 Å². The van der Waals surface area contributed by atoms with Gasteiger partial charge in [0.15, 0.2) is 15.7 Å². The van der Waals surface area contributed by atoms with Gasteiger partial charge in [-0.1, -0.05) is 5.16 Å². The van der Waals surface area contributed by atoms with E-state index in [9.17, 15) is 8.42 Å². The Bertz CT molecular complexity index is 679. The lowest BCUT2D eigenvalue weighted by Crippen LogP contribution is -2.14. The molecule has 21 heavy (non-hydrogen) atoms. The molecule has 2 rings (SSSR count). The molecule has 0 aliphatic rings. The minimum absolute atomic E-state index is 0.0735. The molecule has 8 heteroatoms. The first-order chi connectivity index (χ1) is 10.0. The van der Waals surface area contributed by atoms with Crippen LogP contribution in [0.15, 0.2) is 28.8 Å². The van der Waals surface area contributed by atoms with E-state index < -0.39 is 9.84 Å². The molecule has 0 aliphatic carbocycles. The molecule has 0 saturated heterocycles. The maximum absolute atomic E-state index is 11.8. The Morgan fingerprint density at radius 3 is 2.52 bits per heavy atom. The van der Waals surface area contributed by atoms with Gasteiger partial charge in [0.05, 0.1) is 19.5 Å². The summed E-state index contributed by atoms with van der Waals surface area (Å²) in [7, 11) is -0.282. The van der Waals surface area contributed by atoms with Gasteiger partial charge in [-0.05, 0) is 24.3 Å². The second-order valence-corrected chi connectivity index (χ2v) is 6.51. The molecule has 1 heterocycles. The Labute approximate surface area is 122 Å². The highest BCUT2D eigenvalue weighted by Crippen LogP contribution is 2.21. The number of aromatic nitrogens is 2. The van der Waals surface area contributed by atoms with Crippen LogP contribution in [0.3, 0.4) is 0 Å². The van der Waals surface area contributed by atoms with Crippen LogP contribution < -0.4 is 4.74 Å². The second kappa shape index (κ2) is 6.68. The van der Waals surface area contributed by atoms with E-state index in [2.05, 4.69) is 10.1 Å². The molecule has 2 aromatic rings. The number of nitrogens with zero attached hydrogens (tertiary/aromatic N) is 2. The summed E-state index contributed by atoms with van der Waals surface area (Å²) in [5.74, 6) is 0.776. The Hall–Kier alpha value is -1.93. The fraction of sp³-hybridized carbons (Fsp3) is 0.385. The van der Waals surface area contributed by atoms with E-state index in [0.717, 1.165) is 0 Å². The highest BCUT2D eigenvalue weighted by molar-refractivity contribution is 7.90. The monoisotopic (exact) mass is 312 g/mol. The molecular weight excluding hydrogens is 296 g/mol. The average Bonchev–Trinajstić information content (AvgIpc) is 2.93. The molecule has 0 spiro atoms. The number of benzene rings is 1. The maximum Gasteiger partial charge on any atom is 0.257 e. The Morgan fingerprint density at radius 1 is 1.19 bits per heavy atom. The van der Waals surface area contributed by atoms with Crippen LogP contribution in [-0.2, 0) is 20.3 Å². The standard InChI is InChI=1S/C13H16N2O5S/c1-18-7-8-21(16,17)9-12-14-13(20-15-12)10-3-5-11(19-2)6-4-10/h3-6H,7-9H2,1-2H3. The van der Waals surface area contributed by atoms with Crippen molar-refractivity contribution < 1.29 is 22.4 Å². The molecule has 0 saturated carbocycles. The number of rotatable bonds is 7. The van der Waals surface area contributed by atoms with Gasteiger partial charge in [-0.3, -0.25) is 0 Å². The zero-order chi connectivity index (χ0) is 15.3. The van der Waals surface area contributed by atoms with Crippen molar-refractivity contribution in [2.75, 3.05) is 26.6 Å². The van der Waals surface area contributed by atoms with E-state index in [4.69, 9.17) is 14.0 Å². The number of ether oxygens (including phenoxy) is 2. The summed E-state index contributed by atoms with van der Waals surface area (Å²) >= 11 is 0. The van der Waals surface area contributed by atoms with Gasteiger partial charge in [-0.15, -0.1) is 0 Å². The number of hydrogen-bond acceptors (Lipinski definition) is 7. The molecule has 0 unspecified atom stereocenters. The summed E-state index contributed by atoms with van der Waals surface area (Å²) in [5, 5.41) is 3.69. The zero-order valence-electron chi connectivity index (χ0n) is 11.8. The van der Waals surface area contributed by atoms with Gasteiger partial charge < -0.3 is 14.0 Å². The summed E-state index contributed by atoms with van der Waals surface area (Å²) in [4.78, 5) is 4.09. The van der Waals surface area contributed by atoms with Crippen LogP contribution in [0.2, 0.25) is 0 Å². The lowest BCUT2D eigenvalue weighted by Gasteiger charge is -1.99. The summed E-state index contributed by atoms with van der Waals surface area (Å²) in [6.07, 6.45) is 0. The quantitative estimate of drug-likeness (QED) is 0.761. The van der Waals surface area contributed by atoms with Crippen molar-refractivity contribution in [1.82, 2.24) is 10.1 Å². The molecule has 0 fully saturated rings. The summed E-state index contributed by atoms with van der Waals surface area (Å²) in [5.41, 5.74) is 0.698. The van der Waals surface area contributed by atoms with Crippen LogP contribution in [-0.4, -0.2) is 45.1 Å². The second-order valence-electron chi connectivity index (χ2n) is 4.33. The first-order valence-electron chi connectivity index (χ1n) is 6.20.